The number of ether oxygens (including phenoxy) is 1. The van der Waals surface area contributed by atoms with E-state index in [1.165, 1.54) is 5.56 Å². The van der Waals surface area contributed by atoms with Crippen molar-refractivity contribution in [2.24, 2.45) is 0 Å². The molecule has 134 valence electrons. The zero-order chi connectivity index (χ0) is 18.6. The van der Waals surface area contributed by atoms with E-state index in [-0.39, 0.29) is 11.2 Å². The summed E-state index contributed by atoms with van der Waals surface area (Å²) in [4.78, 5) is 13.1. The zero-order valence-electron chi connectivity index (χ0n) is 15.1. The van der Waals surface area contributed by atoms with Crippen molar-refractivity contribution < 1.29 is 9.15 Å². The molecule has 4 aromatic rings. The Labute approximate surface area is 157 Å². The molecule has 0 bridgehead atoms. The van der Waals surface area contributed by atoms with Gasteiger partial charge in [0, 0.05) is 12.0 Å². The number of hydrogen-bond acceptors (Lipinski definition) is 3. The topological polar surface area (TPSA) is 39.4 Å². The zero-order valence-corrected chi connectivity index (χ0v) is 15.1. The van der Waals surface area contributed by atoms with E-state index in [0.29, 0.717) is 23.3 Å². The molecule has 3 aromatic carbocycles. The van der Waals surface area contributed by atoms with Gasteiger partial charge in [0.1, 0.15) is 5.58 Å². The van der Waals surface area contributed by atoms with Crippen LogP contribution >= 0.6 is 0 Å². The maximum absolute atomic E-state index is 13.1. The van der Waals surface area contributed by atoms with Crippen molar-refractivity contribution in [3.63, 3.8) is 0 Å². The highest BCUT2D eigenvalue weighted by molar-refractivity contribution is 5.82. The van der Waals surface area contributed by atoms with Crippen LogP contribution in [0.3, 0.4) is 0 Å². The molecule has 0 aliphatic carbocycles. The summed E-state index contributed by atoms with van der Waals surface area (Å²) in [5, 5.41) is 0.537. The second-order valence-corrected chi connectivity index (χ2v) is 6.54. The minimum absolute atomic E-state index is 0.136. The molecule has 0 fully saturated rings. The molecule has 0 amide bonds. The summed E-state index contributed by atoms with van der Waals surface area (Å²) in [7, 11) is 0. The van der Waals surface area contributed by atoms with Gasteiger partial charge in [0.25, 0.3) is 0 Å². The molecule has 0 aliphatic rings. The Morgan fingerprint density at radius 3 is 2.33 bits per heavy atom. The highest BCUT2D eigenvalue weighted by Crippen LogP contribution is 2.31. The molecule has 3 nitrogen and oxygen atoms in total. The van der Waals surface area contributed by atoms with Crippen LogP contribution in [0.25, 0.3) is 22.3 Å². The molecule has 27 heavy (non-hydrogen) atoms. The van der Waals surface area contributed by atoms with Crippen molar-refractivity contribution in [1.82, 2.24) is 0 Å². The van der Waals surface area contributed by atoms with Crippen molar-refractivity contribution in [3.05, 3.63) is 100 Å². The summed E-state index contributed by atoms with van der Waals surface area (Å²) < 4.78 is 12.1. The van der Waals surface area contributed by atoms with Crippen LogP contribution < -0.4 is 10.2 Å². The van der Waals surface area contributed by atoms with Gasteiger partial charge in [-0.05, 0) is 30.2 Å². The summed E-state index contributed by atoms with van der Waals surface area (Å²) in [6, 6.07) is 25.3. The second-order valence-electron chi connectivity index (χ2n) is 6.54. The normalized spacial score (nSPS) is 10.9. The monoisotopic (exact) mass is 356 g/mol. The molecule has 0 radical (unpaired) electrons. The van der Waals surface area contributed by atoms with Gasteiger partial charge in [-0.3, -0.25) is 4.79 Å². The molecule has 0 unspecified atom stereocenters. The standard InChI is InChI=1S/C24H20O3/c1-17-12-13-20-21(16-17)27-23(19-10-6-3-7-11-19)24(22(20)25)26-15-14-18-8-4-2-5-9-18/h2-13,16H,14-15H2,1H3. The van der Waals surface area contributed by atoms with Gasteiger partial charge in [-0.15, -0.1) is 0 Å². The maximum Gasteiger partial charge on any atom is 0.235 e. The average molecular weight is 356 g/mol. The first-order valence-electron chi connectivity index (χ1n) is 9.02. The Hall–Kier alpha value is -3.33. The van der Waals surface area contributed by atoms with E-state index in [4.69, 9.17) is 9.15 Å². The molecule has 1 aromatic heterocycles. The third kappa shape index (κ3) is 3.63. The van der Waals surface area contributed by atoms with Gasteiger partial charge in [0.2, 0.25) is 11.2 Å². The van der Waals surface area contributed by atoms with Crippen LogP contribution in [0.4, 0.5) is 0 Å². The van der Waals surface area contributed by atoms with E-state index in [1.54, 1.807) is 6.07 Å². The number of fused-ring (bicyclic) bond motifs is 1. The lowest BCUT2D eigenvalue weighted by Crippen LogP contribution is -2.12. The molecule has 3 heteroatoms. The Kier molecular flexibility index (Phi) is 4.75. The first-order chi connectivity index (χ1) is 13.2. The fraction of sp³-hybridized carbons (Fsp3) is 0.125. The molecule has 0 N–H and O–H groups in total. The van der Waals surface area contributed by atoms with Gasteiger partial charge in [-0.25, -0.2) is 0 Å². The molecule has 0 atom stereocenters. The summed E-state index contributed by atoms with van der Waals surface area (Å²) >= 11 is 0. The molecule has 0 saturated carbocycles. The van der Waals surface area contributed by atoms with Gasteiger partial charge in [-0.2, -0.15) is 0 Å². The molecule has 0 aliphatic heterocycles. The van der Waals surface area contributed by atoms with Crippen molar-refractivity contribution in [3.8, 4) is 17.1 Å². The molecule has 0 saturated heterocycles. The van der Waals surface area contributed by atoms with Crippen LogP contribution in [-0.2, 0) is 6.42 Å². The van der Waals surface area contributed by atoms with Gasteiger partial charge in [0.05, 0.1) is 12.0 Å². The predicted octanol–water partition coefficient (Wildman–Crippen LogP) is 5.39. The predicted molar refractivity (Wildman–Crippen MR) is 108 cm³/mol. The van der Waals surface area contributed by atoms with Gasteiger partial charge in [0.15, 0.2) is 5.76 Å². The first-order valence-corrected chi connectivity index (χ1v) is 9.02. The smallest absolute Gasteiger partial charge is 0.235 e. The van der Waals surface area contributed by atoms with E-state index in [0.717, 1.165) is 17.5 Å². The lowest BCUT2D eigenvalue weighted by molar-refractivity contribution is 0.313. The number of hydrogen-bond donors (Lipinski definition) is 0. The van der Waals surface area contributed by atoms with Crippen LogP contribution in [0.5, 0.6) is 5.75 Å². The van der Waals surface area contributed by atoms with Crippen molar-refractivity contribution in [1.29, 1.82) is 0 Å². The van der Waals surface area contributed by atoms with E-state index < -0.39 is 0 Å². The van der Waals surface area contributed by atoms with Crippen LogP contribution in [0.15, 0.2) is 88.1 Å². The Balaban J connectivity index is 1.76. The van der Waals surface area contributed by atoms with Gasteiger partial charge >= 0.3 is 0 Å². The van der Waals surface area contributed by atoms with Crippen molar-refractivity contribution in [2.75, 3.05) is 6.61 Å². The summed E-state index contributed by atoms with van der Waals surface area (Å²) in [6.07, 6.45) is 0.723. The number of aryl methyl sites for hydroxylation is 1. The van der Waals surface area contributed by atoms with Crippen LogP contribution in [0.2, 0.25) is 0 Å². The van der Waals surface area contributed by atoms with Crippen molar-refractivity contribution in [2.45, 2.75) is 13.3 Å². The highest BCUT2D eigenvalue weighted by atomic mass is 16.5. The SMILES string of the molecule is Cc1ccc2c(=O)c(OCCc3ccccc3)c(-c3ccccc3)oc2c1. The Morgan fingerprint density at radius 1 is 0.889 bits per heavy atom. The van der Waals surface area contributed by atoms with Gasteiger partial charge in [-0.1, -0.05) is 66.7 Å². The maximum atomic E-state index is 13.1. The van der Waals surface area contributed by atoms with E-state index in [1.807, 2.05) is 79.7 Å². The number of rotatable bonds is 5. The summed E-state index contributed by atoms with van der Waals surface area (Å²) in [5.74, 6) is 0.750. The largest absolute Gasteiger partial charge is 0.486 e. The summed E-state index contributed by atoms with van der Waals surface area (Å²) in [5.41, 5.74) is 3.48. The van der Waals surface area contributed by atoms with Gasteiger partial charge < -0.3 is 9.15 Å². The van der Waals surface area contributed by atoms with Crippen LogP contribution in [0, 0.1) is 6.92 Å². The molecular weight excluding hydrogens is 336 g/mol. The lowest BCUT2D eigenvalue weighted by Gasteiger charge is -2.12. The quantitative estimate of drug-likeness (QED) is 0.481. The number of benzene rings is 3. The average Bonchev–Trinajstić information content (AvgIpc) is 2.71. The fourth-order valence-electron chi connectivity index (χ4n) is 3.11. The lowest BCUT2D eigenvalue weighted by atomic mass is 10.1. The second kappa shape index (κ2) is 7.50. The minimum Gasteiger partial charge on any atom is -0.486 e. The third-order valence-corrected chi connectivity index (χ3v) is 4.52. The van der Waals surface area contributed by atoms with Crippen molar-refractivity contribution >= 4 is 11.0 Å². The van der Waals surface area contributed by atoms with Crippen LogP contribution in [-0.4, -0.2) is 6.61 Å². The summed E-state index contributed by atoms with van der Waals surface area (Å²) in [6.45, 7) is 2.39. The van der Waals surface area contributed by atoms with Crippen LogP contribution in [0.1, 0.15) is 11.1 Å². The molecule has 0 spiro atoms. The molecule has 1 heterocycles. The third-order valence-electron chi connectivity index (χ3n) is 4.52. The molecular formula is C24H20O3. The van der Waals surface area contributed by atoms with E-state index in [9.17, 15) is 4.79 Å². The first kappa shape index (κ1) is 17.1. The fourth-order valence-corrected chi connectivity index (χ4v) is 3.11. The highest BCUT2D eigenvalue weighted by Gasteiger charge is 2.17. The molecule has 4 rings (SSSR count). The van der Waals surface area contributed by atoms with E-state index in [2.05, 4.69) is 0 Å². The Morgan fingerprint density at radius 2 is 1.59 bits per heavy atom. The minimum atomic E-state index is -0.136. The van der Waals surface area contributed by atoms with E-state index >= 15 is 0 Å². The Bertz CT molecular complexity index is 1110.